The van der Waals surface area contributed by atoms with Crippen LogP contribution in [0.5, 0.6) is 0 Å². The minimum absolute atomic E-state index is 0.304. The van der Waals surface area contributed by atoms with E-state index in [-0.39, 0.29) is 0 Å². The lowest BCUT2D eigenvalue weighted by Gasteiger charge is -2.57. The molecule has 152 valence electrons. The molecule has 3 rings (SSSR count). The van der Waals surface area contributed by atoms with E-state index in [2.05, 4.69) is 86.3 Å². The zero-order valence-corrected chi connectivity index (χ0v) is 17.8. The van der Waals surface area contributed by atoms with Gasteiger partial charge in [0, 0.05) is 19.5 Å². The second-order valence-electron chi connectivity index (χ2n) is 8.24. The van der Waals surface area contributed by atoms with Crippen LogP contribution in [0.4, 0.5) is 0 Å². The summed E-state index contributed by atoms with van der Waals surface area (Å²) in [7, 11) is 4.21. The second-order valence-corrected chi connectivity index (χ2v) is 8.24. The van der Waals surface area contributed by atoms with E-state index in [0.29, 0.717) is 25.4 Å². The van der Waals surface area contributed by atoms with Gasteiger partial charge in [-0.25, -0.2) is 0 Å². The van der Waals surface area contributed by atoms with Crippen molar-refractivity contribution in [1.82, 2.24) is 9.80 Å². The van der Waals surface area contributed by atoms with E-state index in [1.165, 1.54) is 11.1 Å². The van der Waals surface area contributed by atoms with Crippen LogP contribution in [0, 0.1) is 6.92 Å². The minimum atomic E-state index is -0.685. The van der Waals surface area contributed by atoms with E-state index < -0.39 is 11.1 Å². The Morgan fingerprint density at radius 3 is 2.36 bits per heavy atom. The van der Waals surface area contributed by atoms with Crippen molar-refractivity contribution in [3.8, 4) is 0 Å². The maximum Gasteiger partial charge on any atom is 0.159 e. The second kappa shape index (κ2) is 8.73. The number of carbonyl (C=O) groups excluding carboxylic acids is 1. The molecule has 0 spiro atoms. The van der Waals surface area contributed by atoms with Crippen LogP contribution in [-0.2, 0) is 16.0 Å². The molecule has 4 nitrogen and oxygen atoms in total. The molecule has 0 radical (unpaired) electrons. The summed E-state index contributed by atoms with van der Waals surface area (Å²) >= 11 is 0. The molecule has 1 fully saturated rings. The molecular formula is C24H34N2O2. The van der Waals surface area contributed by atoms with E-state index in [1.54, 1.807) is 0 Å². The van der Waals surface area contributed by atoms with Crippen molar-refractivity contribution in [2.75, 3.05) is 40.4 Å². The number of hydrogen-bond donors (Lipinski definition) is 0. The van der Waals surface area contributed by atoms with Crippen molar-refractivity contribution in [2.24, 2.45) is 0 Å². The molecule has 1 aliphatic carbocycles. The third kappa shape index (κ3) is 3.61. The fourth-order valence-corrected chi connectivity index (χ4v) is 4.76. The number of allylic oxidation sites excluding steroid dienone is 2. The molecule has 0 N–H and O–H groups in total. The summed E-state index contributed by atoms with van der Waals surface area (Å²) in [5.74, 6) is 0.304. The Kier molecular flexibility index (Phi) is 6.54. The number of hydrogen-bond acceptors (Lipinski definition) is 4. The number of rotatable bonds is 7. The smallest absolute Gasteiger partial charge is 0.159 e. The minimum Gasteiger partial charge on any atom is -0.379 e. The van der Waals surface area contributed by atoms with Gasteiger partial charge in [-0.1, -0.05) is 61.1 Å². The van der Waals surface area contributed by atoms with Gasteiger partial charge in [0.25, 0.3) is 0 Å². The Balaban J connectivity index is 2.14. The van der Waals surface area contributed by atoms with Gasteiger partial charge in [-0.2, -0.15) is 0 Å². The van der Waals surface area contributed by atoms with Crippen molar-refractivity contribution in [1.29, 1.82) is 0 Å². The molecule has 0 saturated carbocycles. The van der Waals surface area contributed by atoms with Crippen LogP contribution in [0.2, 0.25) is 0 Å². The maximum absolute atomic E-state index is 13.8. The number of likely N-dealkylation sites (N-methyl/N-ethyl adjacent to an activating group) is 1. The fourth-order valence-electron chi connectivity index (χ4n) is 4.76. The summed E-state index contributed by atoms with van der Waals surface area (Å²) in [4.78, 5) is 18.4. The standard InChI is InChI=1S/C24H34N2O2/c1-5-8-22(27)24(26-15-17-28-18-16-26)14-7-6-13-23(24,25(3)4)19-21-11-9-20(2)10-12-21/h6-7,9-14H,5,8,15-19H2,1-4H3. The molecule has 0 bridgehead atoms. The van der Waals surface area contributed by atoms with Gasteiger partial charge in [-0.15, -0.1) is 0 Å². The normalized spacial score (nSPS) is 28.0. The zero-order chi connectivity index (χ0) is 20.2. The van der Waals surface area contributed by atoms with Gasteiger partial charge in [0.1, 0.15) is 5.54 Å². The van der Waals surface area contributed by atoms with Gasteiger partial charge < -0.3 is 4.74 Å². The Morgan fingerprint density at radius 1 is 1.11 bits per heavy atom. The highest BCUT2D eigenvalue weighted by atomic mass is 16.5. The number of Topliss-reactive ketones (excluding diaryl/α,β-unsaturated/α-hetero) is 1. The van der Waals surface area contributed by atoms with Crippen molar-refractivity contribution in [3.05, 3.63) is 59.7 Å². The monoisotopic (exact) mass is 382 g/mol. The number of ketones is 1. The lowest BCUT2D eigenvalue weighted by atomic mass is 9.65. The number of ether oxygens (including phenoxy) is 1. The Hall–Kier alpha value is -1.75. The summed E-state index contributed by atoms with van der Waals surface area (Å²) in [6.07, 6.45) is 10.8. The van der Waals surface area contributed by atoms with E-state index >= 15 is 0 Å². The van der Waals surface area contributed by atoms with Gasteiger partial charge in [-0.05, 0) is 39.4 Å². The number of benzene rings is 1. The molecule has 2 atom stereocenters. The summed E-state index contributed by atoms with van der Waals surface area (Å²) in [5.41, 5.74) is 1.38. The lowest BCUT2D eigenvalue weighted by molar-refractivity contribution is -0.140. The summed E-state index contributed by atoms with van der Waals surface area (Å²) in [5, 5.41) is 0. The molecule has 2 unspecified atom stereocenters. The Labute approximate surface area is 169 Å². The van der Waals surface area contributed by atoms with Crippen molar-refractivity contribution < 1.29 is 9.53 Å². The summed E-state index contributed by atoms with van der Waals surface area (Å²) in [6, 6.07) is 8.71. The first kappa shape index (κ1) is 21.0. The van der Waals surface area contributed by atoms with Gasteiger partial charge in [0.2, 0.25) is 0 Å². The maximum atomic E-state index is 13.8. The largest absolute Gasteiger partial charge is 0.379 e. The Bertz CT molecular complexity index is 731. The molecule has 0 amide bonds. The number of nitrogens with zero attached hydrogens (tertiary/aromatic N) is 2. The van der Waals surface area contributed by atoms with E-state index in [4.69, 9.17) is 4.74 Å². The zero-order valence-electron chi connectivity index (χ0n) is 17.8. The highest BCUT2D eigenvalue weighted by molar-refractivity contribution is 5.93. The van der Waals surface area contributed by atoms with Gasteiger partial charge in [0.15, 0.2) is 5.78 Å². The predicted molar refractivity (Wildman–Crippen MR) is 115 cm³/mol. The average molecular weight is 383 g/mol. The lowest BCUT2D eigenvalue weighted by Crippen LogP contribution is -2.74. The molecule has 28 heavy (non-hydrogen) atoms. The van der Waals surface area contributed by atoms with Crippen molar-refractivity contribution >= 4 is 5.78 Å². The topological polar surface area (TPSA) is 32.8 Å². The predicted octanol–water partition coefficient (Wildman–Crippen LogP) is 3.40. The van der Waals surface area contributed by atoms with Gasteiger partial charge in [-0.3, -0.25) is 14.6 Å². The van der Waals surface area contributed by atoms with E-state index in [9.17, 15) is 4.79 Å². The first-order chi connectivity index (χ1) is 13.5. The fraction of sp³-hybridized carbons (Fsp3) is 0.542. The van der Waals surface area contributed by atoms with Crippen LogP contribution in [0.15, 0.2) is 48.6 Å². The molecule has 0 aromatic heterocycles. The molecule has 1 heterocycles. The van der Waals surface area contributed by atoms with Crippen molar-refractivity contribution in [2.45, 2.75) is 44.2 Å². The molecule has 4 heteroatoms. The summed E-state index contributed by atoms with van der Waals surface area (Å²) < 4.78 is 5.63. The van der Waals surface area contributed by atoms with Crippen LogP contribution in [0.25, 0.3) is 0 Å². The highest BCUT2D eigenvalue weighted by Gasteiger charge is 2.58. The first-order valence-corrected chi connectivity index (χ1v) is 10.4. The highest BCUT2D eigenvalue weighted by Crippen LogP contribution is 2.42. The molecular weight excluding hydrogens is 348 g/mol. The molecule has 2 aliphatic rings. The first-order valence-electron chi connectivity index (χ1n) is 10.4. The van der Waals surface area contributed by atoms with Crippen LogP contribution in [0.3, 0.4) is 0 Å². The molecule has 1 aromatic carbocycles. The quantitative estimate of drug-likeness (QED) is 0.724. The van der Waals surface area contributed by atoms with E-state index in [1.807, 2.05) is 0 Å². The summed E-state index contributed by atoms with van der Waals surface area (Å²) in [6.45, 7) is 7.09. The van der Waals surface area contributed by atoms with E-state index in [0.717, 1.165) is 25.9 Å². The van der Waals surface area contributed by atoms with Crippen LogP contribution in [0.1, 0.15) is 30.9 Å². The van der Waals surface area contributed by atoms with Crippen LogP contribution in [-0.4, -0.2) is 67.1 Å². The molecule has 1 saturated heterocycles. The SMILES string of the molecule is CCCC(=O)C1(N2CCOCC2)C=CC=CC1(Cc1ccc(C)cc1)N(C)C. The number of morpholine rings is 1. The van der Waals surface area contributed by atoms with Crippen molar-refractivity contribution in [3.63, 3.8) is 0 Å². The van der Waals surface area contributed by atoms with Gasteiger partial charge in [0.05, 0.1) is 18.8 Å². The third-order valence-electron chi connectivity index (χ3n) is 6.28. The van der Waals surface area contributed by atoms with Crippen LogP contribution < -0.4 is 0 Å². The molecule has 1 aliphatic heterocycles. The molecule has 1 aromatic rings. The van der Waals surface area contributed by atoms with Gasteiger partial charge >= 0.3 is 0 Å². The number of carbonyl (C=O) groups is 1. The average Bonchev–Trinajstić information content (AvgIpc) is 2.70. The third-order valence-corrected chi connectivity index (χ3v) is 6.28. The number of aryl methyl sites for hydroxylation is 1. The Morgan fingerprint density at radius 2 is 1.75 bits per heavy atom. The van der Waals surface area contributed by atoms with Crippen LogP contribution >= 0.6 is 0 Å².